The van der Waals surface area contributed by atoms with E-state index in [-0.39, 0.29) is 24.4 Å². The molecule has 0 amide bonds. The molecule has 1 fully saturated rings. The Bertz CT molecular complexity index is 659. The van der Waals surface area contributed by atoms with Gasteiger partial charge < -0.3 is 5.11 Å². The van der Waals surface area contributed by atoms with Crippen LogP contribution in [0.3, 0.4) is 0 Å². The fourth-order valence-corrected chi connectivity index (χ4v) is 5.66. The molecule has 2 rings (SSSR count). The first-order valence-electron chi connectivity index (χ1n) is 5.83. The lowest BCUT2D eigenvalue weighted by Crippen LogP contribution is -2.61. The van der Waals surface area contributed by atoms with Gasteiger partial charge in [-0.25, -0.2) is 8.42 Å². The van der Waals surface area contributed by atoms with E-state index in [9.17, 15) is 18.3 Å². The highest BCUT2D eigenvalue weighted by Gasteiger charge is 2.53. The number of hydrogen-bond acceptors (Lipinski definition) is 4. The highest BCUT2D eigenvalue weighted by molar-refractivity contribution is 7.89. The van der Waals surface area contributed by atoms with Gasteiger partial charge in [-0.15, -0.1) is 17.9 Å². The number of halogens is 1. The van der Waals surface area contributed by atoms with E-state index in [1.54, 1.807) is 6.92 Å². The van der Waals surface area contributed by atoms with Gasteiger partial charge in [-0.3, -0.25) is 4.79 Å². The van der Waals surface area contributed by atoms with Crippen LogP contribution >= 0.6 is 22.9 Å². The Labute approximate surface area is 126 Å². The second kappa shape index (κ2) is 5.14. The summed E-state index contributed by atoms with van der Waals surface area (Å²) in [5.41, 5.74) is -1.05. The molecule has 1 aromatic rings. The number of carboxylic acids is 1. The van der Waals surface area contributed by atoms with Crippen molar-refractivity contribution in [3.05, 3.63) is 27.9 Å². The monoisotopic (exact) mass is 335 g/mol. The number of thiophene rings is 1. The third kappa shape index (κ3) is 2.39. The predicted octanol–water partition coefficient (Wildman–Crippen LogP) is 2.36. The highest BCUT2D eigenvalue weighted by Crippen LogP contribution is 2.40. The smallest absolute Gasteiger partial charge is 0.312 e. The lowest BCUT2D eigenvalue weighted by Gasteiger charge is -2.45. The lowest BCUT2D eigenvalue weighted by atomic mass is 9.79. The largest absolute Gasteiger partial charge is 0.481 e. The molecular formula is C12H14ClNO4S2. The van der Waals surface area contributed by atoms with Gasteiger partial charge in [0.1, 0.15) is 0 Å². The average Bonchev–Trinajstić information content (AvgIpc) is 2.62. The van der Waals surface area contributed by atoms with Crippen molar-refractivity contribution in [3.8, 4) is 0 Å². The van der Waals surface area contributed by atoms with E-state index >= 15 is 0 Å². The first-order valence-corrected chi connectivity index (χ1v) is 8.47. The number of nitrogens with zero attached hydrogens (tertiary/aromatic N) is 1. The quantitative estimate of drug-likeness (QED) is 0.838. The molecule has 0 bridgehead atoms. The van der Waals surface area contributed by atoms with Crippen molar-refractivity contribution < 1.29 is 18.3 Å². The van der Waals surface area contributed by atoms with E-state index in [2.05, 4.69) is 6.58 Å². The Hall–Kier alpha value is -0.890. The number of aliphatic carboxylic acids is 1. The minimum Gasteiger partial charge on any atom is -0.481 e. The summed E-state index contributed by atoms with van der Waals surface area (Å²) < 4.78 is 26.4. The van der Waals surface area contributed by atoms with Crippen molar-refractivity contribution >= 4 is 38.9 Å². The van der Waals surface area contributed by atoms with Crippen LogP contribution in [0.4, 0.5) is 0 Å². The predicted molar refractivity (Wildman–Crippen MR) is 77.7 cm³/mol. The molecule has 20 heavy (non-hydrogen) atoms. The van der Waals surface area contributed by atoms with Crippen LogP contribution in [0.5, 0.6) is 0 Å². The lowest BCUT2D eigenvalue weighted by molar-refractivity contribution is -0.155. The van der Waals surface area contributed by atoms with Crippen LogP contribution in [-0.2, 0) is 14.8 Å². The van der Waals surface area contributed by atoms with Gasteiger partial charge in [0, 0.05) is 18.0 Å². The minimum absolute atomic E-state index is 0.0381. The number of sulfonamides is 1. The third-order valence-corrected chi connectivity index (χ3v) is 6.63. The van der Waals surface area contributed by atoms with Crippen molar-refractivity contribution in [2.45, 2.75) is 18.2 Å². The first-order chi connectivity index (χ1) is 9.23. The summed E-state index contributed by atoms with van der Waals surface area (Å²) in [6.45, 7) is 5.13. The molecule has 0 radical (unpaired) electrons. The summed E-state index contributed by atoms with van der Waals surface area (Å²) in [5, 5.41) is 9.24. The Balaban J connectivity index is 2.25. The van der Waals surface area contributed by atoms with E-state index in [0.717, 1.165) is 0 Å². The van der Waals surface area contributed by atoms with Gasteiger partial charge in [0.05, 0.1) is 14.6 Å². The molecule has 0 aliphatic carbocycles. The molecule has 1 N–H and O–H groups in total. The van der Waals surface area contributed by atoms with Crippen LogP contribution in [0.1, 0.15) is 11.3 Å². The molecule has 1 aliphatic rings. The molecule has 2 heterocycles. The molecule has 0 spiro atoms. The fraction of sp³-hybridized carbons (Fsp3) is 0.417. The highest BCUT2D eigenvalue weighted by atomic mass is 35.5. The van der Waals surface area contributed by atoms with Crippen molar-refractivity contribution in [1.29, 1.82) is 0 Å². The summed E-state index contributed by atoms with van der Waals surface area (Å²) in [5.74, 6) is -0.996. The Kier molecular flexibility index (Phi) is 3.98. The summed E-state index contributed by atoms with van der Waals surface area (Å²) in [6, 6.07) is 1.41. The van der Waals surface area contributed by atoms with Gasteiger partial charge in [0.2, 0.25) is 10.0 Å². The van der Waals surface area contributed by atoms with Crippen molar-refractivity contribution in [2.24, 2.45) is 5.41 Å². The molecule has 0 atom stereocenters. The van der Waals surface area contributed by atoms with Gasteiger partial charge in [0.15, 0.2) is 0 Å². The number of carbonyl (C=O) groups is 1. The number of allylic oxidation sites excluding steroid dienone is 1. The second-order valence-electron chi connectivity index (χ2n) is 4.82. The van der Waals surface area contributed by atoms with Crippen LogP contribution < -0.4 is 0 Å². The summed E-state index contributed by atoms with van der Waals surface area (Å²) in [7, 11) is -3.67. The molecule has 8 heteroatoms. The zero-order valence-electron chi connectivity index (χ0n) is 10.8. The van der Waals surface area contributed by atoms with Crippen molar-refractivity contribution in [3.63, 3.8) is 0 Å². The zero-order chi connectivity index (χ0) is 15.1. The van der Waals surface area contributed by atoms with Crippen LogP contribution in [0.2, 0.25) is 4.34 Å². The van der Waals surface area contributed by atoms with E-state index in [4.69, 9.17) is 11.6 Å². The van der Waals surface area contributed by atoms with E-state index in [1.807, 2.05) is 0 Å². The Morgan fingerprint density at radius 2 is 2.25 bits per heavy atom. The van der Waals surface area contributed by atoms with Gasteiger partial charge in [-0.05, 0) is 19.4 Å². The Morgan fingerprint density at radius 3 is 2.65 bits per heavy atom. The molecule has 1 saturated heterocycles. The molecular weight excluding hydrogens is 322 g/mol. The molecule has 0 saturated carbocycles. The standard InChI is InChI=1S/C12H14ClNO4S2/c1-3-4-12(11(15)16)6-14(7-12)20(17,18)9-5-10(13)19-8(9)2/h3,5H,1,4,6-7H2,2H3,(H,15,16). The van der Waals surface area contributed by atoms with Crippen LogP contribution in [0.25, 0.3) is 0 Å². The number of carboxylic acid groups (broad SMARTS) is 1. The maximum Gasteiger partial charge on any atom is 0.312 e. The summed E-state index contributed by atoms with van der Waals surface area (Å²) >= 11 is 7.01. The number of aryl methyl sites for hydroxylation is 1. The molecule has 1 aliphatic heterocycles. The summed E-state index contributed by atoms with van der Waals surface area (Å²) in [4.78, 5) is 12.0. The third-order valence-electron chi connectivity index (χ3n) is 3.41. The average molecular weight is 336 g/mol. The maximum atomic E-state index is 12.4. The van der Waals surface area contributed by atoms with E-state index in [1.165, 1.54) is 27.8 Å². The number of hydrogen-bond donors (Lipinski definition) is 1. The van der Waals surface area contributed by atoms with Gasteiger partial charge in [-0.1, -0.05) is 17.7 Å². The van der Waals surface area contributed by atoms with Crippen LogP contribution in [-0.4, -0.2) is 36.9 Å². The molecule has 110 valence electrons. The maximum absolute atomic E-state index is 12.4. The van der Waals surface area contributed by atoms with Crippen LogP contribution in [0.15, 0.2) is 23.6 Å². The van der Waals surface area contributed by atoms with Crippen molar-refractivity contribution in [1.82, 2.24) is 4.31 Å². The van der Waals surface area contributed by atoms with Gasteiger partial charge >= 0.3 is 5.97 Å². The fourth-order valence-electron chi connectivity index (χ4n) is 2.25. The topological polar surface area (TPSA) is 74.7 Å². The molecule has 5 nitrogen and oxygen atoms in total. The molecule has 0 aromatic carbocycles. The van der Waals surface area contributed by atoms with Crippen LogP contribution in [0, 0.1) is 12.3 Å². The number of rotatable bonds is 5. The first kappa shape index (κ1) is 15.5. The minimum atomic E-state index is -3.67. The van der Waals surface area contributed by atoms with Crippen molar-refractivity contribution in [2.75, 3.05) is 13.1 Å². The van der Waals surface area contributed by atoms with Gasteiger partial charge in [-0.2, -0.15) is 4.31 Å². The second-order valence-corrected chi connectivity index (χ2v) is 8.62. The normalized spacial score (nSPS) is 18.5. The molecule has 1 aromatic heterocycles. The zero-order valence-corrected chi connectivity index (χ0v) is 13.2. The summed E-state index contributed by atoms with van der Waals surface area (Å²) in [6.07, 6.45) is 1.75. The van der Waals surface area contributed by atoms with E-state index in [0.29, 0.717) is 9.21 Å². The molecule has 0 unspecified atom stereocenters. The van der Waals surface area contributed by atoms with E-state index < -0.39 is 21.4 Å². The Morgan fingerprint density at radius 1 is 1.65 bits per heavy atom. The van der Waals surface area contributed by atoms with Gasteiger partial charge in [0.25, 0.3) is 0 Å². The SMILES string of the molecule is C=CCC1(C(=O)O)CN(S(=O)(=O)c2cc(Cl)sc2C)C1.